The maximum absolute atomic E-state index is 3.12. The van der Waals surface area contributed by atoms with Crippen LogP contribution in [-0.4, -0.2) is 6.04 Å². The Balaban J connectivity index is 2.38. The molecular formula is C4H7NS. The van der Waals surface area contributed by atoms with Gasteiger partial charge in [-0.25, -0.2) is 0 Å². The molecule has 1 unspecified atom stereocenters. The molecule has 1 atom stereocenters. The van der Waals surface area contributed by atoms with Gasteiger partial charge < -0.3 is 0 Å². The van der Waals surface area contributed by atoms with Crippen molar-refractivity contribution in [3.63, 3.8) is 0 Å². The molecule has 0 bridgehead atoms. The van der Waals surface area contributed by atoms with E-state index in [-0.39, 0.29) is 0 Å². The van der Waals surface area contributed by atoms with Gasteiger partial charge in [-0.2, -0.15) is 0 Å². The van der Waals surface area contributed by atoms with Crippen LogP contribution in [0.3, 0.4) is 0 Å². The summed E-state index contributed by atoms with van der Waals surface area (Å²) in [7, 11) is 0. The number of rotatable bonds is 0. The molecule has 0 saturated heterocycles. The van der Waals surface area contributed by atoms with Crippen molar-refractivity contribution in [2.75, 3.05) is 0 Å². The average molecular weight is 101 g/mol. The molecule has 0 radical (unpaired) electrons. The number of hydrogen-bond donors (Lipinski definition) is 1. The predicted molar refractivity (Wildman–Crippen MR) is 29.3 cm³/mol. The zero-order chi connectivity index (χ0) is 4.41. The normalized spacial score (nSPS) is 31.8. The first-order chi connectivity index (χ1) is 2.89. The molecule has 0 aromatic carbocycles. The first-order valence-corrected chi connectivity index (χ1v) is 2.85. The Morgan fingerprint density at radius 1 is 1.83 bits per heavy atom. The average Bonchev–Trinajstić information content (AvgIpc) is 1.86. The van der Waals surface area contributed by atoms with Crippen molar-refractivity contribution in [3.05, 3.63) is 11.5 Å². The fourth-order valence-corrected chi connectivity index (χ4v) is 1.03. The number of hydrogen-bond acceptors (Lipinski definition) is 2. The van der Waals surface area contributed by atoms with E-state index in [1.165, 1.54) is 0 Å². The van der Waals surface area contributed by atoms with Crippen molar-refractivity contribution in [2.24, 2.45) is 0 Å². The summed E-state index contributed by atoms with van der Waals surface area (Å²) >= 11 is 1.65. The van der Waals surface area contributed by atoms with Gasteiger partial charge in [-0.15, -0.1) is 0 Å². The van der Waals surface area contributed by atoms with Crippen LogP contribution in [0, 0.1) is 0 Å². The number of nitrogens with one attached hydrogen (secondary N) is 1. The van der Waals surface area contributed by atoms with E-state index in [4.69, 9.17) is 0 Å². The lowest BCUT2D eigenvalue weighted by atomic mass is 10.4. The minimum Gasteiger partial charge on any atom is -0.254 e. The quantitative estimate of drug-likeness (QED) is 0.459. The van der Waals surface area contributed by atoms with Crippen molar-refractivity contribution in [1.29, 1.82) is 0 Å². The van der Waals surface area contributed by atoms with Gasteiger partial charge >= 0.3 is 0 Å². The molecule has 0 fully saturated rings. The van der Waals surface area contributed by atoms with Gasteiger partial charge in [0.2, 0.25) is 0 Å². The van der Waals surface area contributed by atoms with Crippen molar-refractivity contribution in [3.8, 4) is 0 Å². The van der Waals surface area contributed by atoms with Gasteiger partial charge in [-0.3, -0.25) is 4.72 Å². The van der Waals surface area contributed by atoms with Crippen LogP contribution in [0.4, 0.5) is 0 Å². The highest BCUT2D eigenvalue weighted by atomic mass is 32.2. The standard InChI is InChI=1S/C4H7NS/c1-4-2-3-6-5-4/h2-5H,1H3. The molecule has 0 spiro atoms. The summed E-state index contributed by atoms with van der Waals surface area (Å²) in [4.78, 5) is 0. The van der Waals surface area contributed by atoms with Crippen molar-refractivity contribution >= 4 is 11.9 Å². The molecule has 0 aromatic rings. The van der Waals surface area contributed by atoms with E-state index >= 15 is 0 Å². The third-order valence-corrected chi connectivity index (χ3v) is 1.49. The lowest BCUT2D eigenvalue weighted by molar-refractivity contribution is 0.869. The Morgan fingerprint density at radius 3 is 2.83 bits per heavy atom. The molecule has 1 heterocycles. The summed E-state index contributed by atoms with van der Waals surface area (Å²) in [5.41, 5.74) is 0. The largest absolute Gasteiger partial charge is 0.254 e. The molecule has 34 valence electrons. The molecule has 1 N–H and O–H groups in total. The zero-order valence-corrected chi connectivity index (χ0v) is 4.46. The van der Waals surface area contributed by atoms with Gasteiger partial charge in [-0.05, 0) is 12.3 Å². The molecule has 1 aliphatic heterocycles. The first-order valence-electron chi connectivity index (χ1n) is 1.97. The van der Waals surface area contributed by atoms with Crippen LogP contribution in [-0.2, 0) is 0 Å². The van der Waals surface area contributed by atoms with Crippen LogP contribution in [0.15, 0.2) is 11.5 Å². The van der Waals surface area contributed by atoms with Crippen LogP contribution in [0.5, 0.6) is 0 Å². The van der Waals surface area contributed by atoms with Crippen LogP contribution < -0.4 is 4.72 Å². The third-order valence-electron chi connectivity index (χ3n) is 0.689. The second-order valence-electron chi connectivity index (χ2n) is 1.35. The summed E-state index contributed by atoms with van der Waals surface area (Å²) < 4.78 is 3.12. The Labute approximate surface area is 41.9 Å². The fourth-order valence-electron chi connectivity index (χ4n) is 0.343. The molecule has 0 aromatic heterocycles. The van der Waals surface area contributed by atoms with Gasteiger partial charge in [0, 0.05) is 6.04 Å². The monoisotopic (exact) mass is 101 g/mol. The molecule has 1 nitrogen and oxygen atoms in total. The van der Waals surface area contributed by atoms with Crippen molar-refractivity contribution in [2.45, 2.75) is 13.0 Å². The van der Waals surface area contributed by atoms with Crippen molar-refractivity contribution < 1.29 is 0 Å². The van der Waals surface area contributed by atoms with Gasteiger partial charge in [0.05, 0.1) is 0 Å². The van der Waals surface area contributed by atoms with E-state index in [9.17, 15) is 0 Å². The van der Waals surface area contributed by atoms with E-state index in [0.717, 1.165) is 0 Å². The van der Waals surface area contributed by atoms with Crippen LogP contribution in [0.2, 0.25) is 0 Å². The molecule has 0 saturated carbocycles. The Hall–Kier alpha value is 0.0500. The van der Waals surface area contributed by atoms with Crippen LogP contribution in [0.25, 0.3) is 0 Å². The lowest BCUT2D eigenvalue weighted by Gasteiger charge is -1.92. The molecule has 2 heteroatoms. The van der Waals surface area contributed by atoms with E-state index in [0.29, 0.717) is 6.04 Å². The van der Waals surface area contributed by atoms with E-state index in [1.807, 2.05) is 0 Å². The summed E-state index contributed by atoms with van der Waals surface area (Å²) in [6.45, 7) is 2.12. The van der Waals surface area contributed by atoms with Gasteiger partial charge in [0.1, 0.15) is 0 Å². The Morgan fingerprint density at radius 2 is 2.67 bits per heavy atom. The second-order valence-corrected chi connectivity index (χ2v) is 2.10. The van der Waals surface area contributed by atoms with E-state index < -0.39 is 0 Å². The van der Waals surface area contributed by atoms with Gasteiger partial charge in [0.25, 0.3) is 0 Å². The minimum atomic E-state index is 0.579. The van der Waals surface area contributed by atoms with E-state index in [2.05, 4.69) is 23.1 Å². The molecule has 0 aliphatic carbocycles. The summed E-state index contributed by atoms with van der Waals surface area (Å²) in [6, 6.07) is 0.579. The first kappa shape index (κ1) is 4.22. The van der Waals surface area contributed by atoms with Gasteiger partial charge in [0.15, 0.2) is 0 Å². The predicted octanol–water partition coefficient (Wildman–Crippen LogP) is 1.14. The topological polar surface area (TPSA) is 12.0 Å². The highest BCUT2D eigenvalue weighted by molar-refractivity contribution is 8.00. The summed E-state index contributed by atoms with van der Waals surface area (Å²) in [5, 5.41) is 2.06. The third kappa shape index (κ3) is 0.758. The molecular weight excluding hydrogens is 94.1 g/mol. The lowest BCUT2D eigenvalue weighted by Crippen LogP contribution is -2.09. The minimum absolute atomic E-state index is 0.579. The smallest absolute Gasteiger partial charge is 0.0334 e. The highest BCUT2D eigenvalue weighted by Gasteiger charge is 1.97. The maximum atomic E-state index is 3.12. The Bertz CT molecular complexity index is 69.9. The van der Waals surface area contributed by atoms with E-state index in [1.54, 1.807) is 11.9 Å². The summed E-state index contributed by atoms with van der Waals surface area (Å²) in [6.07, 6.45) is 2.13. The Kier molecular flexibility index (Phi) is 1.17. The second kappa shape index (κ2) is 1.67. The molecule has 6 heavy (non-hydrogen) atoms. The van der Waals surface area contributed by atoms with Gasteiger partial charge in [-0.1, -0.05) is 18.0 Å². The SMILES string of the molecule is CC1C=CSN1. The highest BCUT2D eigenvalue weighted by Crippen LogP contribution is 2.06. The fraction of sp³-hybridized carbons (Fsp3) is 0.500. The maximum Gasteiger partial charge on any atom is 0.0334 e. The molecule has 1 aliphatic rings. The summed E-state index contributed by atoms with van der Waals surface area (Å²) in [5.74, 6) is 0. The van der Waals surface area contributed by atoms with Crippen molar-refractivity contribution in [1.82, 2.24) is 4.72 Å². The van der Waals surface area contributed by atoms with Crippen LogP contribution in [0.1, 0.15) is 6.92 Å². The molecule has 0 amide bonds. The zero-order valence-electron chi connectivity index (χ0n) is 3.64. The molecule has 1 rings (SSSR count). The van der Waals surface area contributed by atoms with Crippen LogP contribution >= 0.6 is 11.9 Å².